The van der Waals surface area contributed by atoms with E-state index in [4.69, 9.17) is 9.47 Å². The van der Waals surface area contributed by atoms with Crippen LogP contribution in [0.25, 0.3) is 5.57 Å². The van der Waals surface area contributed by atoms with E-state index < -0.39 is 17.6 Å². The van der Waals surface area contributed by atoms with Crippen LogP contribution >= 0.6 is 27.3 Å². The largest absolute Gasteiger partial charge is 0.496 e. The number of rotatable bonds is 4. The third-order valence-corrected chi connectivity index (χ3v) is 7.81. The molecule has 2 aromatic carbocycles. The van der Waals surface area contributed by atoms with Gasteiger partial charge in [-0.2, -0.15) is 0 Å². The Labute approximate surface area is 218 Å². The third-order valence-electron chi connectivity index (χ3n) is 6.26. The normalized spacial score (nSPS) is 18.1. The van der Waals surface area contributed by atoms with Gasteiger partial charge in [-0.1, -0.05) is 45.5 Å². The minimum absolute atomic E-state index is 0.176. The number of nitrogens with zero attached hydrogens (tertiary/aromatic N) is 3. The molecule has 1 amide bonds. The van der Waals surface area contributed by atoms with E-state index in [-0.39, 0.29) is 22.6 Å². The minimum Gasteiger partial charge on any atom is -0.496 e. The van der Waals surface area contributed by atoms with Crippen molar-refractivity contribution in [3.8, 4) is 5.75 Å². The van der Waals surface area contributed by atoms with Crippen LogP contribution in [0.4, 0.5) is 5.69 Å². The van der Waals surface area contributed by atoms with Gasteiger partial charge in [0.1, 0.15) is 16.3 Å². The lowest BCUT2D eigenvalue weighted by atomic mass is 9.95. The van der Waals surface area contributed by atoms with E-state index in [1.54, 1.807) is 27.0 Å². The standard InChI is InChI=1S/C26H22BrN3O5S/c1-5-35-25(33)19-13(2)28-26-30(21(19)15-8-6-7-9-18(15)34-4)24(32)22(36-26)20-16-12-14(27)10-11-17(16)29(3)23(20)31/h6-12,21H,5H2,1-4H3/b22-20-/t21-/m0/s1. The van der Waals surface area contributed by atoms with Gasteiger partial charge < -0.3 is 14.4 Å². The summed E-state index contributed by atoms with van der Waals surface area (Å²) in [5, 5.41) is 0. The molecule has 0 spiro atoms. The lowest BCUT2D eigenvalue weighted by molar-refractivity contribution is -0.139. The van der Waals surface area contributed by atoms with Crippen molar-refractivity contribution in [1.82, 2.24) is 4.57 Å². The number of allylic oxidation sites excluding steroid dienone is 1. The summed E-state index contributed by atoms with van der Waals surface area (Å²) in [5.41, 5.74) is 2.60. The number of halogens is 1. The first-order valence-corrected chi connectivity index (χ1v) is 12.8. The van der Waals surface area contributed by atoms with Gasteiger partial charge in [0.15, 0.2) is 4.80 Å². The second-order valence-corrected chi connectivity index (χ2v) is 10.2. The summed E-state index contributed by atoms with van der Waals surface area (Å²) >= 11 is 4.60. The second-order valence-electron chi connectivity index (χ2n) is 8.27. The Kier molecular flexibility index (Phi) is 6.17. The van der Waals surface area contributed by atoms with Crippen molar-refractivity contribution < 1.29 is 19.1 Å². The number of fused-ring (bicyclic) bond motifs is 2. The summed E-state index contributed by atoms with van der Waals surface area (Å²) in [6, 6.07) is 11.9. The molecule has 0 saturated carbocycles. The molecule has 0 saturated heterocycles. The number of hydrogen-bond donors (Lipinski definition) is 0. The van der Waals surface area contributed by atoms with Gasteiger partial charge in [-0.25, -0.2) is 9.79 Å². The molecule has 0 unspecified atom stereocenters. The fourth-order valence-corrected chi connectivity index (χ4v) is 6.14. The van der Waals surface area contributed by atoms with Gasteiger partial charge in [-0.15, -0.1) is 0 Å². The van der Waals surface area contributed by atoms with Gasteiger partial charge in [0.2, 0.25) is 0 Å². The molecule has 10 heteroatoms. The number of benzene rings is 2. The number of carbonyl (C=O) groups is 2. The molecule has 36 heavy (non-hydrogen) atoms. The van der Waals surface area contributed by atoms with E-state index in [1.165, 1.54) is 16.6 Å². The molecule has 2 aliphatic heterocycles. The van der Waals surface area contributed by atoms with Crippen LogP contribution in [0.5, 0.6) is 5.75 Å². The number of anilines is 1. The summed E-state index contributed by atoms with van der Waals surface area (Å²) in [5.74, 6) is -0.315. The van der Waals surface area contributed by atoms with E-state index >= 15 is 0 Å². The quantitative estimate of drug-likeness (QED) is 0.452. The van der Waals surface area contributed by atoms with E-state index in [1.807, 2.05) is 36.4 Å². The number of likely N-dealkylation sites (N-methyl/N-ethyl adjacent to an activating group) is 1. The monoisotopic (exact) mass is 567 g/mol. The maximum atomic E-state index is 14.1. The van der Waals surface area contributed by atoms with Gasteiger partial charge >= 0.3 is 5.97 Å². The molecule has 0 radical (unpaired) electrons. The molecule has 3 heterocycles. The Morgan fingerprint density at radius 1 is 1.19 bits per heavy atom. The smallest absolute Gasteiger partial charge is 0.338 e. The molecule has 0 aliphatic carbocycles. The van der Waals surface area contributed by atoms with Crippen molar-refractivity contribution in [2.24, 2.45) is 4.99 Å². The SMILES string of the molecule is CCOC(=O)C1=C(C)N=c2s/c(=C3\C(=O)N(C)c4ccc(Br)cc43)c(=O)n2[C@H]1c1ccccc1OC. The van der Waals surface area contributed by atoms with E-state index in [9.17, 15) is 14.4 Å². The zero-order valence-electron chi connectivity index (χ0n) is 20.0. The van der Waals surface area contributed by atoms with Crippen LogP contribution in [0.1, 0.15) is 31.0 Å². The van der Waals surface area contributed by atoms with Crippen molar-refractivity contribution in [3.05, 3.63) is 89.0 Å². The molecule has 1 aromatic heterocycles. The van der Waals surface area contributed by atoms with Crippen LogP contribution in [-0.4, -0.2) is 37.2 Å². The fourth-order valence-electron chi connectivity index (χ4n) is 4.64. The average molecular weight is 568 g/mol. The van der Waals surface area contributed by atoms with Crippen molar-refractivity contribution >= 4 is 50.4 Å². The number of para-hydroxylation sites is 1. The number of esters is 1. The topological polar surface area (TPSA) is 90.2 Å². The van der Waals surface area contributed by atoms with E-state index in [0.29, 0.717) is 38.6 Å². The van der Waals surface area contributed by atoms with Crippen molar-refractivity contribution in [2.75, 3.05) is 25.7 Å². The summed E-state index contributed by atoms with van der Waals surface area (Å²) in [6.07, 6.45) is 0. The number of hydrogen-bond acceptors (Lipinski definition) is 7. The zero-order chi connectivity index (χ0) is 25.7. The molecule has 5 rings (SSSR count). The number of amides is 1. The van der Waals surface area contributed by atoms with Gasteiger partial charge in [0.05, 0.1) is 36.2 Å². The fraction of sp³-hybridized carbons (Fsp3) is 0.231. The molecule has 8 nitrogen and oxygen atoms in total. The first kappa shape index (κ1) is 24.2. The summed E-state index contributed by atoms with van der Waals surface area (Å²) < 4.78 is 13.5. The second kappa shape index (κ2) is 9.18. The van der Waals surface area contributed by atoms with Crippen LogP contribution in [-0.2, 0) is 14.3 Å². The molecular weight excluding hydrogens is 546 g/mol. The predicted molar refractivity (Wildman–Crippen MR) is 140 cm³/mol. The first-order valence-electron chi connectivity index (χ1n) is 11.2. The van der Waals surface area contributed by atoms with Crippen LogP contribution in [0.15, 0.2) is 68.0 Å². The Hall–Kier alpha value is -3.50. The first-order chi connectivity index (χ1) is 17.3. The Bertz CT molecular complexity index is 1650. The molecule has 2 aliphatic rings. The van der Waals surface area contributed by atoms with Crippen LogP contribution in [0.3, 0.4) is 0 Å². The molecule has 1 atom stereocenters. The van der Waals surface area contributed by atoms with Crippen LogP contribution in [0, 0.1) is 0 Å². The molecular formula is C26H22BrN3O5S. The Morgan fingerprint density at radius 2 is 1.94 bits per heavy atom. The zero-order valence-corrected chi connectivity index (χ0v) is 22.4. The van der Waals surface area contributed by atoms with Crippen molar-refractivity contribution in [1.29, 1.82) is 0 Å². The summed E-state index contributed by atoms with van der Waals surface area (Å²) in [4.78, 5) is 47.0. The molecule has 0 fully saturated rings. The number of thiazole rings is 1. The van der Waals surface area contributed by atoms with Gasteiger partial charge in [0, 0.05) is 22.6 Å². The highest BCUT2D eigenvalue weighted by atomic mass is 79.9. The van der Waals surface area contributed by atoms with E-state index in [0.717, 1.165) is 15.8 Å². The Balaban J connectivity index is 1.86. The molecule has 184 valence electrons. The highest BCUT2D eigenvalue weighted by Gasteiger charge is 2.37. The summed E-state index contributed by atoms with van der Waals surface area (Å²) in [6.45, 7) is 3.62. The number of aromatic nitrogens is 1. The maximum absolute atomic E-state index is 14.1. The van der Waals surface area contributed by atoms with Crippen LogP contribution in [0.2, 0.25) is 0 Å². The molecule has 0 N–H and O–H groups in total. The average Bonchev–Trinajstić information content (AvgIpc) is 3.30. The highest BCUT2D eigenvalue weighted by Crippen LogP contribution is 2.37. The lowest BCUT2D eigenvalue weighted by Crippen LogP contribution is -2.41. The number of methoxy groups -OCH3 is 1. The maximum Gasteiger partial charge on any atom is 0.338 e. The molecule has 3 aromatic rings. The van der Waals surface area contributed by atoms with E-state index in [2.05, 4.69) is 20.9 Å². The molecule has 0 bridgehead atoms. The predicted octanol–water partition coefficient (Wildman–Crippen LogP) is 2.92. The highest BCUT2D eigenvalue weighted by molar-refractivity contribution is 9.10. The van der Waals surface area contributed by atoms with Gasteiger partial charge in [-0.3, -0.25) is 14.2 Å². The van der Waals surface area contributed by atoms with Crippen molar-refractivity contribution in [2.45, 2.75) is 19.9 Å². The van der Waals surface area contributed by atoms with Crippen molar-refractivity contribution in [3.63, 3.8) is 0 Å². The third kappa shape index (κ3) is 3.63. The Morgan fingerprint density at radius 3 is 2.67 bits per heavy atom. The van der Waals surface area contributed by atoms with Crippen LogP contribution < -0.4 is 24.5 Å². The van der Waals surface area contributed by atoms with Gasteiger partial charge in [-0.05, 0) is 38.1 Å². The lowest BCUT2D eigenvalue weighted by Gasteiger charge is -2.25. The minimum atomic E-state index is -0.831. The number of carbonyl (C=O) groups excluding carboxylic acids is 2. The number of ether oxygens (including phenoxy) is 2. The summed E-state index contributed by atoms with van der Waals surface area (Å²) in [7, 11) is 3.22. The van der Waals surface area contributed by atoms with Gasteiger partial charge in [0.25, 0.3) is 11.5 Å².